The maximum absolute atomic E-state index is 13.4. The van der Waals surface area contributed by atoms with Crippen LogP contribution in [0.1, 0.15) is 26.3 Å². The van der Waals surface area contributed by atoms with Gasteiger partial charge in [-0.1, -0.05) is 35.0 Å². The van der Waals surface area contributed by atoms with E-state index in [1.54, 1.807) is 20.8 Å². The van der Waals surface area contributed by atoms with Crippen molar-refractivity contribution in [2.24, 2.45) is 0 Å². The van der Waals surface area contributed by atoms with Crippen molar-refractivity contribution in [3.8, 4) is 11.8 Å². The quantitative estimate of drug-likeness (QED) is 0.518. The van der Waals surface area contributed by atoms with Crippen LogP contribution in [0.3, 0.4) is 0 Å². The minimum absolute atomic E-state index is 0.213. The first-order valence-corrected chi connectivity index (χ1v) is 8.49. The molecule has 2 unspecified atom stereocenters. The maximum atomic E-state index is 13.4. The monoisotopic (exact) mass is 383 g/mol. The van der Waals surface area contributed by atoms with E-state index in [4.69, 9.17) is 23.2 Å². The van der Waals surface area contributed by atoms with E-state index in [9.17, 15) is 17.4 Å². The lowest BCUT2D eigenvalue weighted by Crippen LogP contribution is -2.39. The van der Waals surface area contributed by atoms with Crippen LogP contribution in [-0.4, -0.2) is 31.5 Å². The van der Waals surface area contributed by atoms with E-state index in [0.29, 0.717) is 10.6 Å². The summed E-state index contributed by atoms with van der Waals surface area (Å²) in [5.74, 6) is 4.70. The smallest absolute Gasteiger partial charge is 0.242 e. The van der Waals surface area contributed by atoms with Crippen LogP contribution in [0.2, 0.25) is 10.0 Å². The molecular formula is C15H14Cl2F3NOS. The molecule has 3 atom stereocenters. The molecule has 0 spiro atoms. The first kappa shape index (κ1) is 18.6. The highest BCUT2D eigenvalue weighted by Crippen LogP contribution is 2.48. The van der Waals surface area contributed by atoms with Gasteiger partial charge in [-0.15, -0.1) is 0 Å². The molecule has 0 amide bonds. The predicted octanol–water partition coefficient (Wildman–Crippen LogP) is 4.42. The first-order valence-electron chi connectivity index (χ1n) is 6.63. The Morgan fingerprint density at radius 1 is 1.22 bits per heavy atom. The molecule has 8 heteroatoms. The number of alkyl halides is 3. The van der Waals surface area contributed by atoms with Gasteiger partial charge in [-0.25, -0.2) is 4.21 Å². The van der Waals surface area contributed by atoms with E-state index < -0.39 is 34.0 Å². The van der Waals surface area contributed by atoms with E-state index in [1.807, 2.05) is 0 Å². The zero-order valence-electron chi connectivity index (χ0n) is 12.6. The van der Waals surface area contributed by atoms with Gasteiger partial charge in [-0.3, -0.25) is 0 Å². The van der Waals surface area contributed by atoms with Crippen LogP contribution in [0.25, 0.3) is 0 Å². The normalized spacial score (nSPS) is 25.5. The third kappa shape index (κ3) is 3.69. The molecule has 0 N–H and O–H groups in total. The van der Waals surface area contributed by atoms with E-state index in [1.165, 1.54) is 18.2 Å². The van der Waals surface area contributed by atoms with E-state index >= 15 is 0 Å². The number of halogens is 5. The highest BCUT2D eigenvalue weighted by atomic mass is 35.5. The molecule has 0 saturated carbocycles. The topological polar surface area (TPSA) is 20.1 Å². The molecule has 1 aliphatic heterocycles. The van der Waals surface area contributed by atoms with Gasteiger partial charge >= 0.3 is 6.18 Å². The fraction of sp³-hybridized carbons (Fsp3) is 0.467. The van der Waals surface area contributed by atoms with Gasteiger partial charge in [0.15, 0.2) is 0 Å². The van der Waals surface area contributed by atoms with E-state index in [0.717, 1.165) is 4.31 Å². The molecule has 0 aliphatic carbocycles. The van der Waals surface area contributed by atoms with Crippen LogP contribution >= 0.6 is 23.2 Å². The highest BCUT2D eigenvalue weighted by Gasteiger charge is 2.72. The molecule has 1 saturated heterocycles. The summed E-state index contributed by atoms with van der Waals surface area (Å²) in [6.07, 6.45) is -4.60. The summed E-state index contributed by atoms with van der Waals surface area (Å²) in [7, 11) is -1.80. The number of benzene rings is 1. The molecule has 1 heterocycles. The van der Waals surface area contributed by atoms with E-state index in [-0.39, 0.29) is 5.02 Å². The van der Waals surface area contributed by atoms with Gasteiger partial charge in [0.2, 0.25) is 5.54 Å². The van der Waals surface area contributed by atoms with Gasteiger partial charge in [-0.05, 0) is 39.0 Å². The summed E-state index contributed by atoms with van der Waals surface area (Å²) in [5, 5.41) is 0.509. The SMILES string of the molecule is CC(C)(C)S(=O)N1C[C@]1(C#Cc1ccc(Cl)c(Cl)c1)C(F)(F)F. The fourth-order valence-corrected chi connectivity index (χ4v) is 3.55. The summed E-state index contributed by atoms with van der Waals surface area (Å²) in [6, 6.07) is 4.35. The van der Waals surface area contributed by atoms with Crippen molar-refractivity contribution in [3.63, 3.8) is 0 Å². The third-order valence-electron chi connectivity index (χ3n) is 3.22. The Labute approximate surface area is 145 Å². The van der Waals surface area contributed by atoms with Gasteiger partial charge in [0.1, 0.15) is 11.0 Å². The first-order chi connectivity index (χ1) is 10.4. The molecule has 0 radical (unpaired) electrons. The molecule has 2 nitrogen and oxygen atoms in total. The summed E-state index contributed by atoms with van der Waals surface area (Å²) in [6.45, 7) is 4.45. The molecule has 1 aromatic carbocycles. The van der Waals surface area contributed by atoms with Gasteiger partial charge < -0.3 is 0 Å². The van der Waals surface area contributed by atoms with Crippen molar-refractivity contribution in [1.82, 2.24) is 4.31 Å². The van der Waals surface area contributed by atoms with Crippen molar-refractivity contribution >= 4 is 34.2 Å². The van der Waals surface area contributed by atoms with Crippen LogP contribution < -0.4 is 0 Å². The zero-order chi connectivity index (χ0) is 17.6. The van der Waals surface area contributed by atoms with Crippen LogP contribution in [-0.2, 0) is 11.0 Å². The van der Waals surface area contributed by atoms with Crippen LogP contribution in [0.4, 0.5) is 13.2 Å². The molecule has 0 bridgehead atoms. The van der Waals surface area contributed by atoms with Gasteiger partial charge in [0.05, 0.1) is 21.3 Å². The van der Waals surface area contributed by atoms with E-state index in [2.05, 4.69) is 11.8 Å². The number of hydrogen-bond donors (Lipinski definition) is 0. The largest absolute Gasteiger partial charge is 0.420 e. The zero-order valence-corrected chi connectivity index (χ0v) is 14.9. The lowest BCUT2D eigenvalue weighted by atomic mass is 10.1. The Hall–Kier alpha value is -0.740. The Morgan fingerprint density at radius 3 is 2.30 bits per heavy atom. The molecule has 23 heavy (non-hydrogen) atoms. The molecule has 126 valence electrons. The second kappa shape index (κ2) is 5.96. The number of nitrogens with zero attached hydrogens (tertiary/aromatic N) is 1. The van der Waals surface area contributed by atoms with Gasteiger partial charge in [0, 0.05) is 5.56 Å². The van der Waals surface area contributed by atoms with Gasteiger partial charge in [-0.2, -0.15) is 17.5 Å². The Bertz CT molecular complexity index is 718. The lowest BCUT2D eigenvalue weighted by Gasteiger charge is -2.22. The number of hydrogen-bond acceptors (Lipinski definition) is 1. The number of rotatable bonds is 1. The molecule has 0 aromatic heterocycles. The molecule has 1 fully saturated rings. The molecular weight excluding hydrogens is 370 g/mol. The summed E-state index contributed by atoms with van der Waals surface area (Å²) in [4.78, 5) is 0. The highest BCUT2D eigenvalue weighted by molar-refractivity contribution is 7.84. The summed E-state index contributed by atoms with van der Waals surface area (Å²) < 4.78 is 52.6. The Balaban J connectivity index is 2.36. The molecule has 1 aliphatic rings. The Morgan fingerprint density at radius 2 is 1.83 bits per heavy atom. The minimum Gasteiger partial charge on any atom is -0.242 e. The average molecular weight is 384 g/mol. The van der Waals surface area contributed by atoms with Gasteiger partial charge in [0.25, 0.3) is 0 Å². The standard InChI is InChI=1S/C15H14Cl2F3NOS/c1-13(2,3)23(22)21-9-14(21,15(18,19)20)7-6-10-4-5-11(16)12(17)8-10/h4-5,8H,9H2,1-3H3/t14-,21?,23?/m1/s1. The van der Waals surface area contributed by atoms with Crippen LogP contribution in [0, 0.1) is 11.8 Å². The van der Waals surface area contributed by atoms with Crippen LogP contribution in [0.5, 0.6) is 0 Å². The fourth-order valence-electron chi connectivity index (χ4n) is 1.86. The molecule has 2 rings (SSSR count). The van der Waals surface area contributed by atoms with Crippen molar-refractivity contribution in [2.45, 2.75) is 37.2 Å². The summed E-state index contributed by atoms with van der Waals surface area (Å²) >= 11 is 11.6. The third-order valence-corrected chi connectivity index (χ3v) is 5.85. The van der Waals surface area contributed by atoms with Crippen molar-refractivity contribution in [1.29, 1.82) is 0 Å². The minimum atomic E-state index is -4.60. The summed E-state index contributed by atoms with van der Waals surface area (Å²) in [5.41, 5.74) is -2.06. The average Bonchev–Trinajstić information content (AvgIpc) is 3.14. The van der Waals surface area contributed by atoms with Crippen molar-refractivity contribution < 1.29 is 17.4 Å². The molecule has 1 aromatic rings. The van der Waals surface area contributed by atoms with Crippen molar-refractivity contribution in [2.75, 3.05) is 6.54 Å². The van der Waals surface area contributed by atoms with Crippen LogP contribution in [0.15, 0.2) is 18.2 Å². The maximum Gasteiger partial charge on any atom is 0.420 e. The predicted molar refractivity (Wildman–Crippen MR) is 86.7 cm³/mol. The Kier molecular flexibility index (Phi) is 4.82. The second-order valence-electron chi connectivity index (χ2n) is 6.14. The van der Waals surface area contributed by atoms with Crippen molar-refractivity contribution in [3.05, 3.63) is 33.8 Å². The lowest BCUT2D eigenvalue weighted by molar-refractivity contribution is -0.150. The second-order valence-corrected chi connectivity index (χ2v) is 9.11.